The molecule has 0 N–H and O–H groups in total. The summed E-state index contributed by atoms with van der Waals surface area (Å²) in [5.41, 5.74) is 2.27. The van der Waals surface area contributed by atoms with Gasteiger partial charge in [-0.25, -0.2) is 9.97 Å². The van der Waals surface area contributed by atoms with E-state index < -0.39 is 0 Å². The average Bonchev–Trinajstić information content (AvgIpc) is 3.59. The molecule has 3 fully saturated rings. The van der Waals surface area contributed by atoms with Crippen molar-refractivity contribution in [2.24, 2.45) is 17.8 Å². The molecule has 1 aliphatic carbocycles. The molecule has 0 radical (unpaired) electrons. The van der Waals surface area contributed by atoms with Crippen molar-refractivity contribution in [3.8, 4) is 5.75 Å². The second-order valence-corrected chi connectivity index (χ2v) is 9.92. The molecule has 1 aromatic carbocycles. The zero-order chi connectivity index (χ0) is 22.6. The van der Waals surface area contributed by atoms with E-state index >= 15 is 0 Å². The Balaban J connectivity index is 0.994. The number of aryl methyl sites for hydroxylation is 1. The topological polar surface area (TPSA) is 58.6 Å². The third kappa shape index (κ3) is 5.48. The number of benzene rings is 1. The van der Waals surface area contributed by atoms with Gasteiger partial charge in [0.05, 0.1) is 13.0 Å². The molecule has 176 valence electrons. The van der Waals surface area contributed by atoms with Crippen molar-refractivity contribution in [3.05, 3.63) is 47.8 Å². The van der Waals surface area contributed by atoms with E-state index in [1.165, 1.54) is 24.8 Å². The van der Waals surface area contributed by atoms with Gasteiger partial charge in [-0.1, -0.05) is 19.1 Å². The Morgan fingerprint density at radius 2 is 1.76 bits per heavy atom. The molecule has 2 aliphatic heterocycles. The third-order valence-corrected chi connectivity index (χ3v) is 7.75. The lowest BCUT2D eigenvalue weighted by Crippen LogP contribution is -2.42. The molecule has 0 spiro atoms. The molecule has 1 saturated carbocycles. The van der Waals surface area contributed by atoms with Gasteiger partial charge in [0.1, 0.15) is 5.75 Å². The lowest BCUT2D eigenvalue weighted by atomic mass is 9.90. The number of carbonyl (C=O) groups excluding carboxylic acids is 1. The number of carbonyl (C=O) groups is 1. The first-order valence-electron chi connectivity index (χ1n) is 12.7. The van der Waals surface area contributed by atoms with Crippen molar-refractivity contribution >= 4 is 11.9 Å². The maximum absolute atomic E-state index is 12.1. The highest BCUT2D eigenvalue weighted by atomic mass is 16.5. The summed E-state index contributed by atoms with van der Waals surface area (Å²) in [6, 6.07) is 8.07. The Morgan fingerprint density at radius 1 is 1.03 bits per heavy atom. The summed E-state index contributed by atoms with van der Waals surface area (Å²) in [4.78, 5) is 25.5. The predicted octanol–water partition coefficient (Wildman–Crippen LogP) is 4.14. The molecule has 2 saturated heterocycles. The minimum atomic E-state index is 0.238. The Morgan fingerprint density at radius 3 is 2.39 bits per heavy atom. The zero-order valence-electron chi connectivity index (χ0n) is 19.8. The van der Waals surface area contributed by atoms with Gasteiger partial charge in [0.2, 0.25) is 11.9 Å². The van der Waals surface area contributed by atoms with Crippen LogP contribution in [0.4, 0.5) is 5.95 Å². The van der Waals surface area contributed by atoms with Crippen LogP contribution < -0.4 is 9.64 Å². The zero-order valence-corrected chi connectivity index (χ0v) is 19.8. The number of hydrogen-bond donors (Lipinski definition) is 0. The monoisotopic (exact) mass is 448 g/mol. The minimum Gasteiger partial charge on any atom is -0.494 e. The predicted molar refractivity (Wildman–Crippen MR) is 129 cm³/mol. The van der Waals surface area contributed by atoms with Crippen LogP contribution in [-0.4, -0.2) is 53.6 Å². The van der Waals surface area contributed by atoms with E-state index in [0.29, 0.717) is 6.42 Å². The summed E-state index contributed by atoms with van der Waals surface area (Å²) >= 11 is 0. The van der Waals surface area contributed by atoms with E-state index in [1.807, 2.05) is 41.6 Å². The Kier molecular flexibility index (Phi) is 6.79. The highest BCUT2D eigenvalue weighted by Crippen LogP contribution is 2.49. The van der Waals surface area contributed by atoms with Gasteiger partial charge in [-0.15, -0.1) is 0 Å². The number of rotatable bonds is 9. The average molecular weight is 449 g/mol. The number of piperidine rings is 1. The van der Waals surface area contributed by atoms with E-state index in [1.54, 1.807) is 0 Å². The van der Waals surface area contributed by atoms with E-state index in [0.717, 1.165) is 87.1 Å². The maximum atomic E-state index is 12.1. The molecule has 6 heteroatoms. The molecule has 1 aromatic heterocycles. The largest absolute Gasteiger partial charge is 0.494 e. The lowest BCUT2D eigenvalue weighted by Gasteiger charge is -2.32. The molecule has 5 rings (SSSR count). The quantitative estimate of drug-likeness (QED) is 0.577. The first kappa shape index (κ1) is 22.2. The van der Waals surface area contributed by atoms with Crippen LogP contribution in [0, 0.1) is 17.8 Å². The lowest BCUT2D eigenvalue weighted by molar-refractivity contribution is -0.133. The normalized spacial score (nSPS) is 22.7. The Bertz CT molecular complexity index is 918. The van der Waals surface area contributed by atoms with Gasteiger partial charge in [-0.2, -0.15) is 0 Å². The molecular formula is C27H36N4O2. The fourth-order valence-corrected chi connectivity index (χ4v) is 5.29. The fraction of sp³-hybridized carbons (Fsp3) is 0.593. The molecule has 2 atom stereocenters. The number of ether oxygens (including phenoxy) is 1. The van der Waals surface area contributed by atoms with Crippen LogP contribution in [0.5, 0.6) is 5.75 Å². The summed E-state index contributed by atoms with van der Waals surface area (Å²) in [5, 5.41) is 0. The molecule has 3 heterocycles. The molecular weight excluding hydrogens is 412 g/mol. The van der Waals surface area contributed by atoms with Gasteiger partial charge in [-0.05, 0) is 79.5 Å². The molecule has 33 heavy (non-hydrogen) atoms. The fourth-order valence-electron chi connectivity index (χ4n) is 5.29. The molecule has 1 amide bonds. The van der Waals surface area contributed by atoms with Gasteiger partial charge in [-0.3, -0.25) is 4.79 Å². The van der Waals surface area contributed by atoms with E-state index in [4.69, 9.17) is 4.74 Å². The number of amides is 1. The molecule has 2 aromatic rings. The summed E-state index contributed by atoms with van der Waals surface area (Å²) in [5.74, 6) is 4.56. The molecule has 3 aliphatic rings. The van der Waals surface area contributed by atoms with Crippen molar-refractivity contribution in [1.82, 2.24) is 14.9 Å². The van der Waals surface area contributed by atoms with Crippen molar-refractivity contribution in [2.45, 2.75) is 51.9 Å². The number of aromatic nitrogens is 2. The van der Waals surface area contributed by atoms with Crippen LogP contribution >= 0.6 is 0 Å². The second kappa shape index (κ2) is 10.1. The summed E-state index contributed by atoms with van der Waals surface area (Å²) in [7, 11) is 0. The number of anilines is 1. The molecule has 0 bridgehead atoms. The number of hydrogen-bond acceptors (Lipinski definition) is 5. The van der Waals surface area contributed by atoms with Crippen molar-refractivity contribution in [3.63, 3.8) is 0 Å². The minimum absolute atomic E-state index is 0.238. The van der Waals surface area contributed by atoms with Gasteiger partial charge >= 0.3 is 0 Å². The van der Waals surface area contributed by atoms with Gasteiger partial charge in [0.25, 0.3) is 0 Å². The smallest absolute Gasteiger partial charge is 0.226 e. The van der Waals surface area contributed by atoms with Crippen LogP contribution in [-0.2, 0) is 17.6 Å². The Labute approximate surface area is 197 Å². The van der Waals surface area contributed by atoms with Crippen LogP contribution in [0.1, 0.15) is 50.2 Å². The van der Waals surface area contributed by atoms with E-state index in [2.05, 4.69) is 21.8 Å². The Hall–Kier alpha value is -2.63. The van der Waals surface area contributed by atoms with Crippen LogP contribution in [0.25, 0.3) is 0 Å². The maximum Gasteiger partial charge on any atom is 0.226 e. The summed E-state index contributed by atoms with van der Waals surface area (Å²) < 4.78 is 6.01. The molecule has 6 nitrogen and oxygen atoms in total. The first-order chi connectivity index (χ1) is 16.2. The van der Waals surface area contributed by atoms with Crippen LogP contribution in [0.2, 0.25) is 0 Å². The van der Waals surface area contributed by atoms with Crippen LogP contribution in [0.3, 0.4) is 0 Å². The SMILES string of the molecule is CCc1cnc(N2CCC([C@@H]3C[C@@H]3CCOc3ccc(CC(=O)N4CCC4)cc3)CC2)nc1. The number of nitrogens with zero attached hydrogens (tertiary/aromatic N) is 4. The van der Waals surface area contributed by atoms with E-state index in [-0.39, 0.29) is 5.91 Å². The highest BCUT2D eigenvalue weighted by Gasteiger charge is 2.43. The first-order valence-corrected chi connectivity index (χ1v) is 12.7. The van der Waals surface area contributed by atoms with Gasteiger partial charge in [0.15, 0.2) is 0 Å². The van der Waals surface area contributed by atoms with Crippen LogP contribution in [0.15, 0.2) is 36.7 Å². The second-order valence-electron chi connectivity index (χ2n) is 9.92. The van der Waals surface area contributed by atoms with Crippen molar-refractivity contribution < 1.29 is 9.53 Å². The summed E-state index contributed by atoms with van der Waals surface area (Å²) in [6.45, 7) is 6.90. The molecule has 0 unspecified atom stereocenters. The number of likely N-dealkylation sites (tertiary alicyclic amines) is 1. The van der Waals surface area contributed by atoms with Gasteiger partial charge < -0.3 is 14.5 Å². The third-order valence-electron chi connectivity index (χ3n) is 7.75. The van der Waals surface area contributed by atoms with Gasteiger partial charge in [0, 0.05) is 38.6 Å². The highest BCUT2D eigenvalue weighted by molar-refractivity contribution is 5.79. The summed E-state index contributed by atoms with van der Waals surface area (Å²) in [6.07, 6.45) is 11.5. The standard InChI is InChI=1S/C27H36N4O2/c1-2-20-18-28-27(29-19-20)31-13-8-22(9-14-31)25-17-23(25)10-15-33-24-6-4-21(5-7-24)16-26(32)30-11-3-12-30/h4-7,18-19,22-23,25H,2-3,8-17H2,1H3/t23-,25-/m0/s1. The van der Waals surface area contributed by atoms with Crippen molar-refractivity contribution in [2.75, 3.05) is 37.7 Å². The van der Waals surface area contributed by atoms with Crippen molar-refractivity contribution in [1.29, 1.82) is 0 Å². The van der Waals surface area contributed by atoms with E-state index in [9.17, 15) is 4.79 Å².